The number of carbonyl (C=O) groups is 2. The van der Waals surface area contributed by atoms with Gasteiger partial charge >= 0.3 is 12.1 Å². The fourth-order valence-electron chi connectivity index (χ4n) is 2.07. The Labute approximate surface area is 144 Å². The van der Waals surface area contributed by atoms with Gasteiger partial charge in [-0.2, -0.15) is 13.2 Å². The number of hydrogen-bond donors (Lipinski definition) is 1. The topological polar surface area (TPSA) is 135 Å². The SMILES string of the molecule is COC(=O)[C@H]1C[C@@H](Oc2ccc([N+](=O)[O-])cc2)C[NH2+]1.O=C([O-])C(F)(F)F. The molecule has 2 atom stereocenters. The second kappa shape index (κ2) is 8.99. The number of nitro benzene ring substituents is 1. The van der Waals surface area contributed by atoms with E-state index in [4.69, 9.17) is 14.6 Å². The summed E-state index contributed by atoms with van der Waals surface area (Å²) in [6.07, 6.45) is -4.71. The van der Waals surface area contributed by atoms with E-state index < -0.39 is 17.1 Å². The maximum atomic E-state index is 11.3. The summed E-state index contributed by atoms with van der Waals surface area (Å²) in [6, 6.07) is 5.68. The number of carboxylic acids is 1. The van der Waals surface area contributed by atoms with Gasteiger partial charge in [-0.05, 0) is 12.1 Å². The number of halogens is 3. The highest BCUT2D eigenvalue weighted by Crippen LogP contribution is 2.19. The Balaban J connectivity index is 0.000000412. The van der Waals surface area contributed by atoms with E-state index >= 15 is 0 Å². The fourth-order valence-corrected chi connectivity index (χ4v) is 2.07. The third-order valence-electron chi connectivity index (χ3n) is 3.29. The molecule has 26 heavy (non-hydrogen) atoms. The number of alkyl halides is 3. The first-order chi connectivity index (χ1) is 12.0. The molecular weight excluding hydrogens is 365 g/mol. The molecule has 1 aliphatic heterocycles. The molecule has 0 radical (unpaired) electrons. The molecule has 1 saturated heterocycles. The molecule has 2 N–H and O–H groups in total. The number of nitro groups is 1. The van der Waals surface area contributed by atoms with Crippen molar-refractivity contribution in [1.82, 2.24) is 0 Å². The average molecular weight is 380 g/mol. The zero-order chi connectivity index (χ0) is 19.9. The van der Waals surface area contributed by atoms with Crippen molar-refractivity contribution in [3.05, 3.63) is 34.4 Å². The maximum Gasteiger partial charge on any atom is 0.430 e. The number of carbonyl (C=O) groups excluding carboxylic acids is 2. The first kappa shape index (κ1) is 21.2. The van der Waals surface area contributed by atoms with Crippen LogP contribution in [0.15, 0.2) is 24.3 Å². The van der Waals surface area contributed by atoms with Gasteiger partial charge in [-0.25, -0.2) is 4.79 Å². The third-order valence-corrected chi connectivity index (χ3v) is 3.29. The highest BCUT2D eigenvalue weighted by atomic mass is 19.4. The molecule has 1 aliphatic rings. The van der Waals surface area contributed by atoms with Crippen molar-refractivity contribution >= 4 is 17.6 Å². The van der Waals surface area contributed by atoms with Crippen molar-refractivity contribution in [3.8, 4) is 5.75 Å². The molecule has 144 valence electrons. The summed E-state index contributed by atoms with van der Waals surface area (Å²) >= 11 is 0. The van der Waals surface area contributed by atoms with Gasteiger partial charge in [0.2, 0.25) is 0 Å². The number of quaternary nitrogens is 1. The third kappa shape index (κ3) is 6.55. The molecular formula is C14H15F3N2O7. The molecule has 0 aliphatic carbocycles. The minimum atomic E-state index is -5.19. The molecule has 12 heteroatoms. The number of nitrogens with zero attached hydrogens (tertiary/aromatic N) is 1. The summed E-state index contributed by atoms with van der Waals surface area (Å²) < 4.78 is 41.9. The standard InChI is InChI=1S/C12H14N2O5.C2HF3O2/c1-18-12(15)11-6-10(7-13-11)19-9-4-2-8(3-5-9)14(16)17;3-2(4,5)1(6)7/h2-5,10-11,13H,6-7H2,1H3;(H,6,7)/t10-,11-;/m1./s1. The minimum absolute atomic E-state index is 0.0257. The van der Waals surface area contributed by atoms with Crippen molar-refractivity contribution < 1.29 is 47.6 Å². The molecule has 1 aromatic rings. The van der Waals surface area contributed by atoms with Crippen molar-refractivity contribution in [1.29, 1.82) is 0 Å². The Morgan fingerprint density at radius 3 is 2.23 bits per heavy atom. The Morgan fingerprint density at radius 2 is 1.81 bits per heavy atom. The second-order valence-electron chi connectivity index (χ2n) is 5.11. The van der Waals surface area contributed by atoms with Gasteiger partial charge < -0.3 is 24.7 Å². The molecule has 0 saturated carbocycles. The van der Waals surface area contributed by atoms with Crippen LogP contribution in [0.3, 0.4) is 0 Å². The summed E-state index contributed by atoms with van der Waals surface area (Å²) in [4.78, 5) is 30.2. The van der Waals surface area contributed by atoms with Gasteiger partial charge in [0.05, 0.1) is 18.5 Å². The van der Waals surface area contributed by atoms with Gasteiger partial charge in [-0.1, -0.05) is 0 Å². The van der Waals surface area contributed by atoms with Crippen LogP contribution in [0, 0.1) is 10.1 Å². The lowest BCUT2D eigenvalue weighted by molar-refractivity contribution is -0.660. The molecule has 9 nitrogen and oxygen atoms in total. The summed E-state index contributed by atoms with van der Waals surface area (Å²) in [5.74, 6) is -2.70. The smallest absolute Gasteiger partial charge is 0.430 e. The van der Waals surface area contributed by atoms with Gasteiger partial charge in [-0.3, -0.25) is 10.1 Å². The summed E-state index contributed by atoms with van der Waals surface area (Å²) in [6.45, 7) is 0.663. The van der Waals surface area contributed by atoms with Gasteiger partial charge in [0.1, 0.15) is 18.3 Å². The van der Waals surface area contributed by atoms with Crippen LogP contribution in [0.2, 0.25) is 0 Å². The molecule has 0 amide bonds. The minimum Gasteiger partial charge on any atom is -0.542 e. The van der Waals surface area contributed by atoms with E-state index in [2.05, 4.69) is 4.74 Å². The second-order valence-corrected chi connectivity index (χ2v) is 5.11. The molecule has 0 unspecified atom stereocenters. The zero-order valence-electron chi connectivity index (χ0n) is 13.4. The predicted octanol–water partition coefficient (Wildman–Crippen LogP) is -0.850. The number of non-ortho nitro benzene ring substituents is 1. The lowest BCUT2D eigenvalue weighted by Gasteiger charge is -2.10. The average Bonchev–Trinajstić information content (AvgIpc) is 3.02. The lowest BCUT2D eigenvalue weighted by atomic mass is 10.2. The summed E-state index contributed by atoms with van der Waals surface area (Å²) in [5, 5.41) is 21.2. The van der Waals surface area contributed by atoms with Crippen molar-refractivity contribution in [2.45, 2.75) is 24.7 Å². The van der Waals surface area contributed by atoms with E-state index in [9.17, 15) is 28.1 Å². The summed E-state index contributed by atoms with van der Waals surface area (Å²) in [5.41, 5.74) is 0.0257. The van der Waals surface area contributed by atoms with Crippen LogP contribution in [0.4, 0.5) is 18.9 Å². The van der Waals surface area contributed by atoms with Gasteiger partial charge in [-0.15, -0.1) is 0 Å². The number of carboxylic acid groups (broad SMARTS) is 1. The van der Waals surface area contributed by atoms with Crippen LogP contribution in [-0.4, -0.2) is 48.8 Å². The Kier molecular flexibility index (Phi) is 7.31. The van der Waals surface area contributed by atoms with Gasteiger partial charge in [0.15, 0.2) is 12.1 Å². The van der Waals surface area contributed by atoms with E-state index in [1.54, 1.807) is 12.1 Å². The lowest BCUT2D eigenvalue weighted by Crippen LogP contribution is -2.89. The molecule has 2 rings (SSSR count). The number of aliphatic carboxylic acids is 1. The van der Waals surface area contributed by atoms with Gasteiger partial charge in [0.25, 0.3) is 5.69 Å². The van der Waals surface area contributed by atoms with Crippen molar-refractivity contribution in [2.75, 3.05) is 13.7 Å². The highest BCUT2D eigenvalue weighted by Gasteiger charge is 2.35. The number of methoxy groups -OCH3 is 1. The van der Waals surface area contributed by atoms with Crippen LogP contribution >= 0.6 is 0 Å². The normalized spacial score (nSPS) is 19.1. The van der Waals surface area contributed by atoms with E-state index in [1.165, 1.54) is 19.2 Å². The van der Waals surface area contributed by atoms with E-state index in [1.807, 2.05) is 5.32 Å². The Morgan fingerprint density at radius 1 is 1.27 bits per heavy atom. The van der Waals surface area contributed by atoms with Crippen LogP contribution in [0.5, 0.6) is 5.75 Å². The molecule has 1 heterocycles. The van der Waals surface area contributed by atoms with E-state index in [0.29, 0.717) is 18.7 Å². The highest BCUT2D eigenvalue weighted by molar-refractivity contribution is 5.74. The predicted molar refractivity (Wildman–Crippen MR) is 75.8 cm³/mol. The number of esters is 1. The molecule has 0 spiro atoms. The number of benzene rings is 1. The molecule has 1 aromatic carbocycles. The maximum absolute atomic E-state index is 11.3. The van der Waals surface area contributed by atoms with Crippen LogP contribution in [-0.2, 0) is 14.3 Å². The summed E-state index contributed by atoms with van der Waals surface area (Å²) in [7, 11) is 1.36. The molecule has 0 aromatic heterocycles. The van der Waals surface area contributed by atoms with E-state index in [0.717, 1.165) is 0 Å². The van der Waals surface area contributed by atoms with Crippen molar-refractivity contribution in [3.63, 3.8) is 0 Å². The Hall–Kier alpha value is -2.89. The number of hydrogen-bond acceptors (Lipinski definition) is 7. The zero-order valence-corrected chi connectivity index (χ0v) is 13.4. The number of rotatable bonds is 4. The van der Waals surface area contributed by atoms with Crippen LogP contribution < -0.4 is 15.2 Å². The first-order valence-electron chi connectivity index (χ1n) is 7.15. The Bertz CT molecular complexity index is 649. The van der Waals surface area contributed by atoms with Gasteiger partial charge in [0, 0.05) is 12.1 Å². The van der Waals surface area contributed by atoms with Crippen LogP contribution in [0.25, 0.3) is 0 Å². The van der Waals surface area contributed by atoms with Crippen LogP contribution in [0.1, 0.15) is 6.42 Å². The number of nitrogens with two attached hydrogens (primary N) is 1. The molecule has 0 bridgehead atoms. The monoisotopic (exact) mass is 380 g/mol. The largest absolute Gasteiger partial charge is 0.542 e. The van der Waals surface area contributed by atoms with Crippen molar-refractivity contribution in [2.24, 2.45) is 0 Å². The van der Waals surface area contributed by atoms with E-state index in [-0.39, 0.29) is 23.8 Å². The first-order valence-corrected chi connectivity index (χ1v) is 7.15. The fraction of sp³-hybridized carbons (Fsp3) is 0.429. The number of ether oxygens (including phenoxy) is 2. The quantitative estimate of drug-likeness (QED) is 0.408. The molecule has 1 fully saturated rings.